The maximum absolute atomic E-state index is 5.37. The lowest BCUT2D eigenvalue weighted by Crippen LogP contribution is -2.33. The molecule has 1 aliphatic rings. The standard InChI is InChI=1S/C20H22N4O2/c1-25-17-7-5-15(6-8-17)18-12-22-19-14-23(10-11-24(18)19)13-16-4-3-9-21-20(16)26-2/h3-9,12H,10-11,13-14H2,1-2H3. The van der Waals surface area contributed by atoms with E-state index >= 15 is 0 Å². The Morgan fingerprint density at radius 1 is 1.00 bits per heavy atom. The van der Waals surface area contributed by atoms with Gasteiger partial charge in [0.05, 0.1) is 32.7 Å². The number of rotatable bonds is 5. The molecule has 0 bridgehead atoms. The fourth-order valence-electron chi connectivity index (χ4n) is 3.41. The third kappa shape index (κ3) is 3.15. The smallest absolute Gasteiger partial charge is 0.217 e. The molecule has 2 aromatic heterocycles. The predicted octanol–water partition coefficient (Wildman–Crippen LogP) is 2.98. The minimum absolute atomic E-state index is 0.695. The summed E-state index contributed by atoms with van der Waals surface area (Å²) >= 11 is 0. The molecular formula is C20H22N4O2. The van der Waals surface area contributed by atoms with Crippen LogP contribution in [0.3, 0.4) is 0 Å². The highest BCUT2D eigenvalue weighted by molar-refractivity contribution is 5.60. The molecule has 26 heavy (non-hydrogen) atoms. The molecule has 1 aromatic carbocycles. The van der Waals surface area contributed by atoms with Crippen LogP contribution in [-0.4, -0.2) is 40.2 Å². The first-order valence-electron chi connectivity index (χ1n) is 8.67. The summed E-state index contributed by atoms with van der Waals surface area (Å²) < 4.78 is 12.9. The van der Waals surface area contributed by atoms with Crippen LogP contribution in [0.1, 0.15) is 11.4 Å². The minimum atomic E-state index is 0.695. The van der Waals surface area contributed by atoms with Gasteiger partial charge in [-0.15, -0.1) is 0 Å². The van der Waals surface area contributed by atoms with Crippen LogP contribution in [0.25, 0.3) is 11.3 Å². The van der Waals surface area contributed by atoms with E-state index in [1.165, 1.54) is 0 Å². The van der Waals surface area contributed by atoms with Gasteiger partial charge in [0.2, 0.25) is 5.88 Å². The van der Waals surface area contributed by atoms with E-state index in [1.807, 2.05) is 24.4 Å². The van der Waals surface area contributed by atoms with Crippen LogP contribution in [0.4, 0.5) is 0 Å². The van der Waals surface area contributed by atoms with E-state index in [0.29, 0.717) is 5.88 Å². The Morgan fingerprint density at radius 2 is 1.85 bits per heavy atom. The van der Waals surface area contributed by atoms with Crippen LogP contribution < -0.4 is 9.47 Å². The number of benzene rings is 1. The molecule has 6 nitrogen and oxygen atoms in total. The Balaban J connectivity index is 1.52. The molecule has 0 spiro atoms. The number of ether oxygens (including phenoxy) is 2. The Morgan fingerprint density at radius 3 is 2.62 bits per heavy atom. The summed E-state index contributed by atoms with van der Waals surface area (Å²) in [5.41, 5.74) is 3.42. The van der Waals surface area contributed by atoms with Gasteiger partial charge in [0, 0.05) is 37.0 Å². The molecule has 1 aliphatic heterocycles. The summed E-state index contributed by atoms with van der Waals surface area (Å²) in [6.45, 7) is 3.50. The van der Waals surface area contributed by atoms with Crippen molar-refractivity contribution in [3.63, 3.8) is 0 Å². The molecule has 0 fully saturated rings. The highest BCUT2D eigenvalue weighted by Crippen LogP contribution is 2.27. The number of methoxy groups -OCH3 is 2. The number of pyridine rings is 1. The monoisotopic (exact) mass is 350 g/mol. The van der Waals surface area contributed by atoms with Crippen molar-refractivity contribution >= 4 is 0 Å². The topological polar surface area (TPSA) is 52.4 Å². The summed E-state index contributed by atoms with van der Waals surface area (Å²) in [5, 5.41) is 0. The normalized spacial score (nSPS) is 14.1. The van der Waals surface area contributed by atoms with Gasteiger partial charge in [-0.2, -0.15) is 0 Å². The summed E-state index contributed by atoms with van der Waals surface area (Å²) in [6.07, 6.45) is 3.72. The number of nitrogens with zero attached hydrogens (tertiary/aromatic N) is 4. The number of aromatic nitrogens is 3. The van der Waals surface area contributed by atoms with Gasteiger partial charge in [-0.1, -0.05) is 6.07 Å². The van der Waals surface area contributed by atoms with Gasteiger partial charge in [-0.05, 0) is 30.3 Å². The highest BCUT2D eigenvalue weighted by Gasteiger charge is 2.21. The van der Waals surface area contributed by atoms with Crippen molar-refractivity contribution in [2.45, 2.75) is 19.6 Å². The van der Waals surface area contributed by atoms with E-state index in [4.69, 9.17) is 9.47 Å². The van der Waals surface area contributed by atoms with Gasteiger partial charge in [-0.3, -0.25) is 4.90 Å². The molecule has 4 rings (SSSR count). The van der Waals surface area contributed by atoms with Crippen molar-refractivity contribution in [1.29, 1.82) is 0 Å². The van der Waals surface area contributed by atoms with Crippen molar-refractivity contribution in [2.24, 2.45) is 0 Å². The molecule has 0 saturated heterocycles. The minimum Gasteiger partial charge on any atom is -0.497 e. The van der Waals surface area contributed by atoms with Crippen molar-refractivity contribution in [3.8, 4) is 22.9 Å². The summed E-state index contributed by atoms with van der Waals surface area (Å²) in [7, 11) is 3.34. The lowest BCUT2D eigenvalue weighted by molar-refractivity contribution is 0.206. The van der Waals surface area contributed by atoms with E-state index in [0.717, 1.165) is 54.6 Å². The van der Waals surface area contributed by atoms with Crippen LogP contribution >= 0.6 is 0 Å². The summed E-state index contributed by atoms with van der Waals surface area (Å²) in [5.74, 6) is 2.65. The van der Waals surface area contributed by atoms with Crippen molar-refractivity contribution in [3.05, 3.63) is 60.2 Å². The lowest BCUT2D eigenvalue weighted by atomic mass is 10.1. The average Bonchev–Trinajstić information content (AvgIpc) is 3.12. The van der Waals surface area contributed by atoms with Gasteiger partial charge in [0.25, 0.3) is 0 Å². The maximum atomic E-state index is 5.37. The zero-order valence-electron chi connectivity index (χ0n) is 15.1. The van der Waals surface area contributed by atoms with Crippen molar-refractivity contribution in [1.82, 2.24) is 19.4 Å². The molecule has 3 aromatic rings. The van der Waals surface area contributed by atoms with E-state index in [2.05, 4.69) is 37.6 Å². The van der Waals surface area contributed by atoms with Gasteiger partial charge in [-0.25, -0.2) is 9.97 Å². The molecule has 0 unspecified atom stereocenters. The molecule has 0 atom stereocenters. The fourth-order valence-corrected chi connectivity index (χ4v) is 3.41. The number of hydrogen-bond donors (Lipinski definition) is 0. The van der Waals surface area contributed by atoms with Crippen LogP contribution in [0.15, 0.2) is 48.8 Å². The second-order valence-electron chi connectivity index (χ2n) is 6.32. The van der Waals surface area contributed by atoms with Crippen LogP contribution in [0.2, 0.25) is 0 Å². The third-order valence-electron chi connectivity index (χ3n) is 4.77. The molecule has 0 saturated carbocycles. The van der Waals surface area contributed by atoms with Crippen LogP contribution in [0, 0.1) is 0 Å². The van der Waals surface area contributed by atoms with Crippen molar-refractivity contribution in [2.75, 3.05) is 20.8 Å². The first-order valence-corrected chi connectivity index (χ1v) is 8.67. The summed E-state index contributed by atoms with van der Waals surface area (Å²) in [4.78, 5) is 11.3. The number of imidazole rings is 1. The molecule has 0 aliphatic carbocycles. The average molecular weight is 350 g/mol. The Bertz CT molecular complexity index is 889. The molecule has 0 N–H and O–H groups in total. The van der Waals surface area contributed by atoms with E-state index < -0.39 is 0 Å². The second-order valence-corrected chi connectivity index (χ2v) is 6.32. The molecule has 0 amide bonds. The zero-order chi connectivity index (χ0) is 17.9. The molecular weight excluding hydrogens is 328 g/mol. The highest BCUT2D eigenvalue weighted by atomic mass is 16.5. The van der Waals surface area contributed by atoms with Crippen molar-refractivity contribution < 1.29 is 9.47 Å². The Hall–Kier alpha value is -2.86. The summed E-state index contributed by atoms with van der Waals surface area (Å²) in [6, 6.07) is 12.1. The SMILES string of the molecule is COc1ccc(-c2cnc3n2CCN(Cc2cccnc2OC)C3)cc1. The largest absolute Gasteiger partial charge is 0.497 e. The first-order chi connectivity index (χ1) is 12.8. The van der Waals surface area contributed by atoms with Gasteiger partial charge >= 0.3 is 0 Å². The van der Waals surface area contributed by atoms with Crippen LogP contribution in [-0.2, 0) is 19.6 Å². The van der Waals surface area contributed by atoms with Gasteiger partial charge < -0.3 is 14.0 Å². The molecule has 6 heteroatoms. The van der Waals surface area contributed by atoms with Gasteiger partial charge in [0.15, 0.2) is 0 Å². The molecule has 0 radical (unpaired) electrons. The number of fused-ring (bicyclic) bond motifs is 1. The van der Waals surface area contributed by atoms with E-state index in [-0.39, 0.29) is 0 Å². The maximum Gasteiger partial charge on any atom is 0.217 e. The number of hydrogen-bond acceptors (Lipinski definition) is 5. The third-order valence-corrected chi connectivity index (χ3v) is 4.77. The molecule has 3 heterocycles. The predicted molar refractivity (Wildman–Crippen MR) is 99.1 cm³/mol. The fraction of sp³-hybridized carbons (Fsp3) is 0.300. The Labute approximate surface area is 153 Å². The lowest BCUT2D eigenvalue weighted by Gasteiger charge is -2.28. The van der Waals surface area contributed by atoms with E-state index in [9.17, 15) is 0 Å². The zero-order valence-corrected chi connectivity index (χ0v) is 15.1. The second kappa shape index (κ2) is 7.17. The molecule has 134 valence electrons. The quantitative estimate of drug-likeness (QED) is 0.708. The van der Waals surface area contributed by atoms with Gasteiger partial charge in [0.1, 0.15) is 11.6 Å². The first kappa shape index (κ1) is 16.6. The van der Waals surface area contributed by atoms with Crippen LogP contribution in [0.5, 0.6) is 11.6 Å². The van der Waals surface area contributed by atoms with E-state index in [1.54, 1.807) is 20.4 Å². The Kier molecular flexibility index (Phi) is 4.58.